The third kappa shape index (κ3) is 4.39. The highest BCUT2D eigenvalue weighted by molar-refractivity contribution is 6.09. The molecule has 53 heavy (non-hydrogen) atoms. The van der Waals surface area contributed by atoms with Gasteiger partial charge in [0.05, 0.1) is 11.2 Å². The van der Waals surface area contributed by atoms with Crippen molar-refractivity contribution in [1.82, 2.24) is 24.5 Å². The zero-order chi connectivity index (χ0) is 35.3. The monoisotopic (exact) mass is 681 g/mol. The molecule has 0 bridgehead atoms. The highest BCUT2D eigenvalue weighted by Crippen LogP contribution is 2.51. The third-order valence-corrected chi connectivity index (χ3v) is 10.9. The van der Waals surface area contributed by atoms with E-state index in [1.165, 1.54) is 27.6 Å². The molecule has 4 heterocycles. The number of benzene rings is 6. The van der Waals surface area contributed by atoms with Gasteiger partial charge in [0.15, 0.2) is 17.5 Å². The van der Waals surface area contributed by atoms with E-state index in [0.29, 0.717) is 17.5 Å². The van der Waals surface area contributed by atoms with E-state index in [-0.39, 0.29) is 5.41 Å². The van der Waals surface area contributed by atoms with Gasteiger partial charge in [-0.05, 0) is 64.7 Å². The number of hydrogen-bond donors (Lipinski definition) is 0. The normalized spacial score (nSPS) is 13.2. The molecule has 0 spiro atoms. The van der Waals surface area contributed by atoms with Crippen molar-refractivity contribution in [3.63, 3.8) is 0 Å². The van der Waals surface area contributed by atoms with Crippen LogP contribution in [0.2, 0.25) is 0 Å². The number of aromatic nitrogens is 5. The Morgan fingerprint density at radius 2 is 1.19 bits per heavy atom. The second-order valence-corrected chi connectivity index (χ2v) is 14.3. The lowest BCUT2D eigenvalue weighted by atomic mass is 9.82. The summed E-state index contributed by atoms with van der Waals surface area (Å²) < 4.78 is 8.83. The molecular formula is C47H31N5O. The molecule has 0 amide bonds. The number of furan rings is 1. The van der Waals surface area contributed by atoms with Crippen LogP contribution in [-0.2, 0) is 5.41 Å². The van der Waals surface area contributed by atoms with Gasteiger partial charge in [-0.1, -0.05) is 111 Å². The minimum Gasteiger partial charge on any atom is -0.456 e. The molecule has 0 saturated carbocycles. The van der Waals surface area contributed by atoms with Crippen LogP contribution >= 0.6 is 0 Å². The van der Waals surface area contributed by atoms with Crippen molar-refractivity contribution in [2.75, 3.05) is 0 Å². The molecular weight excluding hydrogens is 651 g/mol. The number of hydrogen-bond acceptors (Lipinski definition) is 5. The minimum absolute atomic E-state index is 0.135. The zero-order valence-corrected chi connectivity index (χ0v) is 29.1. The van der Waals surface area contributed by atoms with Gasteiger partial charge >= 0.3 is 0 Å². The van der Waals surface area contributed by atoms with E-state index in [4.69, 9.17) is 24.4 Å². The summed E-state index contributed by atoms with van der Waals surface area (Å²) in [6.45, 7) is 4.59. The van der Waals surface area contributed by atoms with Crippen molar-refractivity contribution in [2.24, 2.45) is 0 Å². The lowest BCUT2D eigenvalue weighted by Crippen LogP contribution is -2.14. The standard InChI is InChI=1S/C47H31N5O/c1-47(2)37-18-8-6-15-35(37)42-36(16-10-19-38(42)47)45-50-43(28-12-4-3-5-13-28)49-44(51-45)29-21-23-32-33-24-22-30(27-41(33)53-40(32)26-29)52-39-20-9-7-14-31(39)34-17-11-25-48-46(34)52/h3-27H,1-2H3. The van der Waals surface area contributed by atoms with E-state index < -0.39 is 0 Å². The van der Waals surface area contributed by atoms with Gasteiger partial charge in [-0.25, -0.2) is 19.9 Å². The predicted molar refractivity (Wildman–Crippen MR) is 213 cm³/mol. The summed E-state index contributed by atoms with van der Waals surface area (Å²) in [6.07, 6.45) is 1.85. The average molecular weight is 682 g/mol. The number of para-hydroxylation sites is 1. The topological polar surface area (TPSA) is 69.6 Å². The van der Waals surface area contributed by atoms with Crippen LogP contribution in [0.15, 0.2) is 156 Å². The predicted octanol–water partition coefficient (Wildman–Crippen LogP) is 11.6. The summed E-state index contributed by atoms with van der Waals surface area (Å²) in [5, 5.41) is 4.38. The van der Waals surface area contributed by atoms with Crippen molar-refractivity contribution < 1.29 is 4.42 Å². The van der Waals surface area contributed by atoms with Crippen molar-refractivity contribution in [3.8, 4) is 51.0 Å². The summed E-state index contributed by atoms with van der Waals surface area (Å²) in [4.78, 5) is 20.1. The maximum atomic E-state index is 6.62. The van der Waals surface area contributed by atoms with Gasteiger partial charge < -0.3 is 4.42 Å². The van der Waals surface area contributed by atoms with Gasteiger partial charge in [-0.3, -0.25) is 4.57 Å². The van der Waals surface area contributed by atoms with Crippen molar-refractivity contribution in [1.29, 1.82) is 0 Å². The molecule has 4 aromatic heterocycles. The Morgan fingerprint density at radius 1 is 0.509 bits per heavy atom. The van der Waals surface area contributed by atoms with Crippen molar-refractivity contribution >= 4 is 43.9 Å². The molecule has 0 radical (unpaired) electrons. The minimum atomic E-state index is -0.135. The second kappa shape index (κ2) is 11.0. The summed E-state index contributed by atoms with van der Waals surface area (Å²) in [5.41, 5.74) is 12.3. The SMILES string of the molecule is CC1(C)c2ccccc2-c2c(-c3nc(-c4ccccc4)nc(-c4ccc5c(c4)oc4cc(-n6c7ccccc7c7cccnc76)ccc45)n3)cccc21. The molecule has 6 heteroatoms. The first-order valence-electron chi connectivity index (χ1n) is 17.9. The lowest BCUT2D eigenvalue weighted by molar-refractivity contribution is 0.660. The fourth-order valence-electron chi connectivity index (χ4n) is 8.38. The summed E-state index contributed by atoms with van der Waals surface area (Å²) in [5.74, 6) is 1.87. The van der Waals surface area contributed by atoms with Crippen LogP contribution in [0.3, 0.4) is 0 Å². The van der Waals surface area contributed by atoms with E-state index in [2.05, 4.69) is 128 Å². The van der Waals surface area contributed by atoms with Crippen LogP contribution in [-0.4, -0.2) is 24.5 Å². The van der Waals surface area contributed by atoms with Gasteiger partial charge in [0, 0.05) is 55.9 Å². The van der Waals surface area contributed by atoms with Crippen molar-refractivity contribution in [3.05, 3.63) is 163 Å². The molecule has 1 aliphatic rings. The molecule has 6 nitrogen and oxygen atoms in total. The largest absolute Gasteiger partial charge is 0.456 e. The van der Waals surface area contributed by atoms with Gasteiger partial charge in [0.1, 0.15) is 16.8 Å². The molecule has 0 saturated heterocycles. The summed E-state index contributed by atoms with van der Waals surface area (Å²) in [6, 6.07) is 50.5. The maximum absolute atomic E-state index is 6.62. The van der Waals surface area contributed by atoms with Crippen LogP contribution in [0.25, 0.3) is 94.9 Å². The Hall–Kier alpha value is -6.92. The van der Waals surface area contributed by atoms with Gasteiger partial charge in [0.25, 0.3) is 0 Å². The van der Waals surface area contributed by atoms with Gasteiger partial charge in [-0.2, -0.15) is 0 Å². The fraction of sp³-hybridized carbons (Fsp3) is 0.0638. The first-order valence-corrected chi connectivity index (χ1v) is 17.9. The Labute approximate surface area is 305 Å². The Kier molecular flexibility index (Phi) is 6.20. The average Bonchev–Trinajstić information content (AvgIpc) is 3.83. The van der Waals surface area contributed by atoms with Gasteiger partial charge in [0.2, 0.25) is 0 Å². The lowest BCUT2D eigenvalue weighted by Gasteiger charge is -2.21. The highest BCUT2D eigenvalue weighted by Gasteiger charge is 2.37. The van der Waals surface area contributed by atoms with E-state index in [1.807, 2.05) is 42.6 Å². The molecule has 10 aromatic rings. The molecule has 250 valence electrons. The van der Waals surface area contributed by atoms with E-state index in [1.54, 1.807) is 0 Å². The van der Waals surface area contributed by atoms with E-state index in [9.17, 15) is 0 Å². The molecule has 0 unspecified atom stereocenters. The van der Waals surface area contributed by atoms with Crippen molar-refractivity contribution in [2.45, 2.75) is 19.3 Å². The number of fused-ring (bicyclic) bond motifs is 9. The van der Waals surface area contributed by atoms with Crippen LogP contribution in [0.4, 0.5) is 0 Å². The summed E-state index contributed by atoms with van der Waals surface area (Å²) >= 11 is 0. The first-order chi connectivity index (χ1) is 26.0. The second-order valence-electron chi connectivity index (χ2n) is 14.3. The van der Waals surface area contributed by atoms with Crippen LogP contribution in [0.1, 0.15) is 25.0 Å². The van der Waals surface area contributed by atoms with Crippen LogP contribution in [0.5, 0.6) is 0 Å². The third-order valence-electron chi connectivity index (χ3n) is 10.9. The summed E-state index contributed by atoms with van der Waals surface area (Å²) in [7, 11) is 0. The quantitative estimate of drug-likeness (QED) is 0.185. The van der Waals surface area contributed by atoms with Gasteiger partial charge in [-0.15, -0.1) is 0 Å². The van der Waals surface area contributed by atoms with E-state index in [0.717, 1.165) is 60.9 Å². The molecule has 0 N–H and O–H groups in total. The van der Waals surface area contributed by atoms with E-state index >= 15 is 0 Å². The fourth-order valence-corrected chi connectivity index (χ4v) is 8.38. The molecule has 0 fully saturated rings. The number of nitrogens with zero attached hydrogens (tertiary/aromatic N) is 5. The Morgan fingerprint density at radius 3 is 2.08 bits per heavy atom. The number of rotatable bonds is 4. The maximum Gasteiger partial charge on any atom is 0.164 e. The molecule has 0 atom stereocenters. The smallest absolute Gasteiger partial charge is 0.164 e. The molecule has 0 aliphatic heterocycles. The molecule has 6 aromatic carbocycles. The molecule has 1 aliphatic carbocycles. The highest BCUT2D eigenvalue weighted by atomic mass is 16.3. The number of pyridine rings is 1. The Balaban J connectivity index is 1.08. The first kappa shape index (κ1) is 29.8. The van der Waals surface area contributed by atoms with Crippen LogP contribution < -0.4 is 0 Å². The zero-order valence-electron chi connectivity index (χ0n) is 29.1. The Bertz CT molecular complexity index is 3050. The van der Waals surface area contributed by atoms with Crippen LogP contribution in [0, 0.1) is 0 Å². The molecule has 11 rings (SSSR count).